The van der Waals surface area contributed by atoms with Crippen LogP contribution in [0.15, 0.2) is 0 Å². The first-order valence-electron chi connectivity index (χ1n) is 6.06. The van der Waals surface area contributed by atoms with Crippen LogP contribution in [-0.2, 0) is 14.4 Å². The summed E-state index contributed by atoms with van der Waals surface area (Å²) < 4.78 is 0. The highest BCUT2D eigenvalue weighted by molar-refractivity contribution is 5.80. The van der Waals surface area contributed by atoms with Gasteiger partial charge in [-0.05, 0) is 0 Å². The lowest BCUT2D eigenvalue weighted by Crippen LogP contribution is -2.44. The molecule has 0 aromatic rings. The molecule has 1 saturated heterocycles. The van der Waals surface area contributed by atoms with E-state index in [1.165, 1.54) is 11.8 Å². The van der Waals surface area contributed by atoms with E-state index in [0.717, 1.165) is 0 Å². The molecule has 4 N–H and O–H groups in total. The number of hydrogen-bond acceptors (Lipinski definition) is 5. The molecular weight excluding hydrogens is 254 g/mol. The van der Waals surface area contributed by atoms with E-state index in [9.17, 15) is 19.5 Å². The number of nitrogens with one attached hydrogen (secondary N) is 2. The number of β-amino-alcohol motifs (C(OH)–C–C–N with tert-alkyl or cyclic N) is 1. The summed E-state index contributed by atoms with van der Waals surface area (Å²) in [7, 11) is 0. The largest absolute Gasteiger partial charge is 0.480 e. The fourth-order valence-corrected chi connectivity index (χ4v) is 1.99. The van der Waals surface area contributed by atoms with Crippen LogP contribution in [-0.4, -0.2) is 71.2 Å². The summed E-state index contributed by atoms with van der Waals surface area (Å²) in [6, 6.07) is -0.823. The second-order valence-electron chi connectivity index (χ2n) is 4.51. The monoisotopic (exact) mass is 273 g/mol. The number of hydrogen-bond donors (Lipinski definition) is 4. The molecule has 1 fully saturated rings. The Bertz CT molecular complexity index is 360. The predicted octanol–water partition coefficient (Wildman–Crippen LogP) is -2.24. The third-order valence-corrected chi connectivity index (χ3v) is 2.83. The Hall–Kier alpha value is -1.67. The molecule has 0 aromatic heterocycles. The number of aliphatic carboxylic acids is 1. The van der Waals surface area contributed by atoms with Crippen LogP contribution in [0.4, 0.5) is 0 Å². The number of nitrogens with zero attached hydrogens (tertiary/aromatic N) is 1. The lowest BCUT2D eigenvalue weighted by molar-refractivity contribution is -0.142. The molecule has 0 saturated carbocycles. The van der Waals surface area contributed by atoms with Gasteiger partial charge in [0.25, 0.3) is 0 Å². The summed E-state index contributed by atoms with van der Waals surface area (Å²) in [6.45, 7) is 2.09. The molecule has 8 heteroatoms. The zero-order chi connectivity index (χ0) is 14.4. The van der Waals surface area contributed by atoms with E-state index in [1.807, 2.05) is 0 Å². The first kappa shape index (κ1) is 15.4. The number of carbonyl (C=O) groups is 3. The van der Waals surface area contributed by atoms with Gasteiger partial charge in [-0.3, -0.25) is 19.3 Å². The van der Waals surface area contributed by atoms with Crippen LogP contribution in [0, 0.1) is 0 Å². The number of carboxylic acid groups (broad SMARTS) is 1. The molecule has 0 bridgehead atoms. The van der Waals surface area contributed by atoms with Crippen LogP contribution in [0.2, 0.25) is 0 Å². The van der Waals surface area contributed by atoms with Gasteiger partial charge >= 0.3 is 5.97 Å². The molecule has 1 aliphatic rings. The van der Waals surface area contributed by atoms with Crippen molar-refractivity contribution in [1.29, 1.82) is 0 Å². The molecule has 1 heterocycles. The van der Waals surface area contributed by atoms with E-state index in [0.29, 0.717) is 6.54 Å². The maximum absolute atomic E-state index is 11.6. The number of carbonyl (C=O) groups excluding carboxylic acids is 2. The van der Waals surface area contributed by atoms with Crippen molar-refractivity contribution in [3.63, 3.8) is 0 Å². The minimum atomic E-state index is -1.04. The zero-order valence-electron chi connectivity index (χ0n) is 10.8. The summed E-state index contributed by atoms with van der Waals surface area (Å²) in [6.07, 6.45) is -0.581. The van der Waals surface area contributed by atoms with E-state index in [-0.39, 0.29) is 37.9 Å². The lowest BCUT2D eigenvalue weighted by atomic mass is 10.2. The summed E-state index contributed by atoms with van der Waals surface area (Å²) in [5, 5.41) is 23.5. The fourth-order valence-electron chi connectivity index (χ4n) is 1.99. The van der Waals surface area contributed by atoms with E-state index >= 15 is 0 Å². The van der Waals surface area contributed by atoms with Crippen molar-refractivity contribution in [2.24, 2.45) is 0 Å². The Morgan fingerprint density at radius 2 is 1.89 bits per heavy atom. The van der Waals surface area contributed by atoms with E-state index in [1.54, 1.807) is 0 Å². The topological polar surface area (TPSA) is 119 Å². The van der Waals surface area contributed by atoms with Crippen molar-refractivity contribution in [3.8, 4) is 0 Å². The maximum Gasteiger partial charge on any atom is 0.321 e. The van der Waals surface area contributed by atoms with Gasteiger partial charge < -0.3 is 20.8 Å². The summed E-state index contributed by atoms with van der Waals surface area (Å²) >= 11 is 0. The van der Waals surface area contributed by atoms with E-state index < -0.39 is 18.1 Å². The number of carboxylic acids is 1. The predicted molar refractivity (Wildman–Crippen MR) is 65.3 cm³/mol. The van der Waals surface area contributed by atoms with Crippen LogP contribution in [0.3, 0.4) is 0 Å². The van der Waals surface area contributed by atoms with Crippen LogP contribution >= 0.6 is 0 Å². The molecule has 19 heavy (non-hydrogen) atoms. The molecule has 2 unspecified atom stereocenters. The SMILES string of the molecule is CC(=O)NCCNC(=O)CN1CC(O)CC1C(=O)O. The highest BCUT2D eigenvalue weighted by Gasteiger charge is 2.36. The minimum absolute atomic E-state index is 0.0753. The first-order chi connectivity index (χ1) is 8.90. The molecule has 0 aromatic carbocycles. The van der Waals surface area contributed by atoms with Crippen LogP contribution in [0.25, 0.3) is 0 Å². The molecule has 1 rings (SSSR count). The van der Waals surface area contributed by atoms with Gasteiger partial charge in [0.2, 0.25) is 11.8 Å². The number of amides is 2. The second kappa shape index (κ2) is 7.05. The Labute approximate surface area is 110 Å². The average molecular weight is 273 g/mol. The summed E-state index contributed by atoms with van der Waals surface area (Å²) in [5.74, 6) is -1.55. The Kier molecular flexibility index (Phi) is 5.71. The van der Waals surface area contributed by atoms with E-state index in [2.05, 4.69) is 10.6 Å². The normalized spacial score (nSPS) is 23.1. The van der Waals surface area contributed by atoms with Gasteiger partial charge in [0.05, 0.1) is 12.6 Å². The van der Waals surface area contributed by atoms with Gasteiger partial charge in [-0.15, -0.1) is 0 Å². The van der Waals surface area contributed by atoms with Crippen molar-refractivity contribution in [1.82, 2.24) is 15.5 Å². The highest BCUT2D eigenvalue weighted by atomic mass is 16.4. The molecule has 2 amide bonds. The van der Waals surface area contributed by atoms with Crippen molar-refractivity contribution in [2.75, 3.05) is 26.2 Å². The molecule has 0 radical (unpaired) electrons. The summed E-state index contributed by atoms with van der Waals surface area (Å²) in [4.78, 5) is 34.5. The van der Waals surface area contributed by atoms with Gasteiger partial charge in [-0.25, -0.2) is 0 Å². The Morgan fingerprint density at radius 3 is 2.47 bits per heavy atom. The molecule has 108 valence electrons. The minimum Gasteiger partial charge on any atom is -0.480 e. The van der Waals surface area contributed by atoms with E-state index in [4.69, 9.17) is 5.11 Å². The first-order valence-corrected chi connectivity index (χ1v) is 6.06. The average Bonchev–Trinajstić information content (AvgIpc) is 2.65. The maximum atomic E-state index is 11.6. The molecule has 0 aliphatic carbocycles. The Balaban J connectivity index is 2.31. The van der Waals surface area contributed by atoms with Crippen molar-refractivity contribution >= 4 is 17.8 Å². The standard InChI is InChI=1S/C11H19N3O5/c1-7(15)12-2-3-13-10(17)6-14-5-8(16)4-9(14)11(18)19/h8-9,16H,2-6H2,1H3,(H,12,15)(H,13,17)(H,18,19). The van der Waals surface area contributed by atoms with Crippen molar-refractivity contribution in [3.05, 3.63) is 0 Å². The van der Waals surface area contributed by atoms with Gasteiger partial charge in [0.15, 0.2) is 0 Å². The summed E-state index contributed by atoms with van der Waals surface area (Å²) in [5.41, 5.74) is 0. The van der Waals surface area contributed by atoms with Gasteiger partial charge in [-0.2, -0.15) is 0 Å². The molecular formula is C11H19N3O5. The number of aliphatic hydroxyl groups is 1. The number of aliphatic hydroxyl groups excluding tert-OH is 1. The van der Waals surface area contributed by atoms with Gasteiger partial charge in [0.1, 0.15) is 6.04 Å². The third-order valence-electron chi connectivity index (χ3n) is 2.83. The fraction of sp³-hybridized carbons (Fsp3) is 0.727. The molecule has 0 spiro atoms. The second-order valence-corrected chi connectivity index (χ2v) is 4.51. The quantitative estimate of drug-likeness (QED) is 0.406. The zero-order valence-corrected chi connectivity index (χ0v) is 10.8. The molecule has 1 aliphatic heterocycles. The molecule has 8 nitrogen and oxygen atoms in total. The Morgan fingerprint density at radius 1 is 1.26 bits per heavy atom. The van der Waals surface area contributed by atoms with Crippen LogP contribution < -0.4 is 10.6 Å². The number of rotatable bonds is 6. The number of likely N-dealkylation sites (tertiary alicyclic amines) is 1. The van der Waals surface area contributed by atoms with Crippen LogP contribution in [0.1, 0.15) is 13.3 Å². The smallest absolute Gasteiger partial charge is 0.321 e. The van der Waals surface area contributed by atoms with Gasteiger partial charge in [0, 0.05) is 33.0 Å². The van der Waals surface area contributed by atoms with Gasteiger partial charge in [-0.1, -0.05) is 0 Å². The highest BCUT2D eigenvalue weighted by Crippen LogP contribution is 2.17. The van der Waals surface area contributed by atoms with Crippen molar-refractivity contribution in [2.45, 2.75) is 25.5 Å². The third kappa shape index (κ3) is 5.23. The van der Waals surface area contributed by atoms with Crippen molar-refractivity contribution < 1.29 is 24.6 Å². The lowest BCUT2D eigenvalue weighted by Gasteiger charge is -2.19. The van der Waals surface area contributed by atoms with Crippen LogP contribution in [0.5, 0.6) is 0 Å². The molecule has 2 atom stereocenters.